The molecular formula is C28H28Cl2N2. The second-order valence-electron chi connectivity index (χ2n) is 9.38. The normalized spacial score (nSPS) is 16.5. The number of hydrogen-bond donors (Lipinski definition) is 0. The molecule has 1 aliphatic heterocycles. The summed E-state index contributed by atoms with van der Waals surface area (Å²) >= 11 is 13.4. The van der Waals surface area contributed by atoms with Crippen LogP contribution in [-0.4, -0.2) is 13.1 Å². The summed E-state index contributed by atoms with van der Waals surface area (Å²) in [6, 6.07) is 13.0. The van der Waals surface area contributed by atoms with Gasteiger partial charge < -0.3 is 9.80 Å². The Morgan fingerprint density at radius 1 is 0.719 bits per heavy atom. The first-order chi connectivity index (χ1) is 15.1. The molecule has 5 rings (SSSR count). The van der Waals surface area contributed by atoms with E-state index in [-0.39, 0.29) is 0 Å². The fourth-order valence-corrected chi connectivity index (χ4v) is 6.46. The predicted molar refractivity (Wildman–Crippen MR) is 136 cm³/mol. The van der Waals surface area contributed by atoms with Crippen LogP contribution in [0.3, 0.4) is 0 Å². The van der Waals surface area contributed by atoms with Crippen LogP contribution in [0.25, 0.3) is 0 Å². The molecule has 0 N–H and O–H groups in total. The van der Waals surface area contributed by atoms with Crippen LogP contribution in [0.1, 0.15) is 44.5 Å². The molecule has 0 saturated carbocycles. The minimum atomic E-state index is -0.577. The van der Waals surface area contributed by atoms with Crippen LogP contribution in [0.2, 0.25) is 10.0 Å². The van der Waals surface area contributed by atoms with Crippen LogP contribution >= 0.6 is 23.2 Å². The molecule has 32 heavy (non-hydrogen) atoms. The number of aryl methyl sites for hydroxylation is 6. The van der Waals surface area contributed by atoms with E-state index >= 15 is 0 Å². The zero-order valence-corrected chi connectivity index (χ0v) is 21.0. The highest BCUT2D eigenvalue weighted by atomic mass is 35.5. The SMILES string of the molecule is Cc1cc(C)c(N2CCN(c3c(C)cc(C)cc3C)C23[C]c2ccc(Cl)c(Cl)c23)c(C)c1. The number of fused-ring (bicyclic) bond motifs is 2. The topological polar surface area (TPSA) is 6.48 Å². The van der Waals surface area contributed by atoms with Crippen molar-refractivity contribution in [1.29, 1.82) is 0 Å². The van der Waals surface area contributed by atoms with Gasteiger partial charge in [-0.1, -0.05) is 64.7 Å². The molecule has 0 bridgehead atoms. The van der Waals surface area contributed by atoms with Crippen molar-refractivity contribution >= 4 is 34.6 Å². The molecule has 2 radical (unpaired) electrons. The first-order valence-electron chi connectivity index (χ1n) is 11.1. The Balaban J connectivity index is 1.78. The minimum absolute atomic E-state index is 0.577. The zero-order valence-electron chi connectivity index (χ0n) is 19.5. The van der Waals surface area contributed by atoms with E-state index in [9.17, 15) is 0 Å². The number of halogens is 2. The average molecular weight is 463 g/mol. The third-order valence-electron chi connectivity index (χ3n) is 6.89. The number of hydrogen-bond acceptors (Lipinski definition) is 2. The van der Waals surface area contributed by atoms with E-state index in [1.807, 2.05) is 12.1 Å². The first kappa shape index (κ1) is 21.7. The van der Waals surface area contributed by atoms with Crippen LogP contribution in [0, 0.1) is 48.0 Å². The molecule has 1 saturated heterocycles. The molecule has 3 aromatic carbocycles. The predicted octanol–water partition coefficient (Wildman–Crippen LogP) is 7.47. The monoisotopic (exact) mass is 462 g/mol. The van der Waals surface area contributed by atoms with Crippen LogP contribution in [0.4, 0.5) is 11.4 Å². The van der Waals surface area contributed by atoms with Gasteiger partial charge in [-0.2, -0.15) is 0 Å². The van der Waals surface area contributed by atoms with Crippen molar-refractivity contribution in [2.45, 2.75) is 47.2 Å². The summed E-state index contributed by atoms with van der Waals surface area (Å²) in [4.78, 5) is 4.97. The number of rotatable bonds is 2. The van der Waals surface area contributed by atoms with Crippen molar-refractivity contribution in [1.82, 2.24) is 0 Å². The Labute approximate surface area is 201 Å². The zero-order chi connectivity index (χ0) is 22.9. The van der Waals surface area contributed by atoms with E-state index in [0.717, 1.165) is 24.2 Å². The lowest BCUT2D eigenvalue weighted by atomic mass is 9.74. The van der Waals surface area contributed by atoms with Gasteiger partial charge in [-0.15, -0.1) is 0 Å². The van der Waals surface area contributed by atoms with Gasteiger partial charge in [0.25, 0.3) is 0 Å². The molecule has 2 aliphatic rings. The Kier molecular flexibility index (Phi) is 5.03. The maximum atomic E-state index is 6.89. The largest absolute Gasteiger partial charge is 0.342 e. The number of anilines is 2. The summed E-state index contributed by atoms with van der Waals surface area (Å²) in [6.45, 7) is 14.9. The lowest BCUT2D eigenvalue weighted by molar-refractivity contribution is 0.480. The summed E-state index contributed by atoms with van der Waals surface area (Å²) in [5.41, 5.74) is 11.7. The van der Waals surface area contributed by atoms with Crippen molar-refractivity contribution in [2.75, 3.05) is 22.9 Å². The summed E-state index contributed by atoms with van der Waals surface area (Å²) in [5.74, 6) is 0. The Hall–Kier alpha value is -2.16. The maximum absolute atomic E-state index is 6.89. The van der Waals surface area contributed by atoms with Gasteiger partial charge in [0.2, 0.25) is 0 Å². The Morgan fingerprint density at radius 2 is 1.16 bits per heavy atom. The molecule has 0 amide bonds. The van der Waals surface area contributed by atoms with E-state index in [0.29, 0.717) is 10.0 Å². The lowest BCUT2D eigenvalue weighted by Gasteiger charge is -2.54. The van der Waals surface area contributed by atoms with Crippen molar-refractivity contribution in [3.05, 3.63) is 97.4 Å². The fraction of sp³-hybridized carbons (Fsp3) is 0.321. The highest BCUT2D eigenvalue weighted by Crippen LogP contribution is 2.58. The first-order valence-corrected chi connectivity index (χ1v) is 11.9. The summed E-state index contributed by atoms with van der Waals surface area (Å²) in [5, 5.41) is 1.22. The highest BCUT2D eigenvalue weighted by Gasteiger charge is 2.58. The maximum Gasteiger partial charge on any atom is 0.153 e. The van der Waals surface area contributed by atoms with Crippen LogP contribution in [-0.2, 0) is 5.66 Å². The number of benzene rings is 3. The number of nitrogens with zero attached hydrogens (tertiary/aromatic N) is 2. The van der Waals surface area contributed by atoms with Crippen molar-refractivity contribution in [2.24, 2.45) is 0 Å². The van der Waals surface area contributed by atoms with Gasteiger partial charge in [0.15, 0.2) is 5.66 Å². The van der Waals surface area contributed by atoms with E-state index in [1.54, 1.807) is 0 Å². The molecule has 0 aromatic heterocycles. The lowest BCUT2D eigenvalue weighted by Crippen LogP contribution is -2.58. The molecule has 0 atom stereocenters. The molecule has 1 spiro atoms. The third-order valence-corrected chi connectivity index (χ3v) is 7.70. The fourth-order valence-electron chi connectivity index (χ4n) is 6.00. The van der Waals surface area contributed by atoms with Crippen LogP contribution < -0.4 is 9.80 Å². The molecule has 1 aliphatic carbocycles. The van der Waals surface area contributed by atoms with Crippen molar-refractivity contribution < 1.29 is 0 Å². The van der Waals surface area contributed by atoms with Gasteiger partial charge in [-0.3, -0.25) is 0 Å². The van der Waals surface area contributed by atoms with Gasteiger partial charge in [0.1, 0.15) is 0 Å². The van der Waals surface area contributed by atoms with Gasteiger partial charge >= 0.3 is 0 Å². The molecule has 1 heterocycles. The highest BCUT2D eigenvalue weighted by molar-refractivity contribution is 6.42. The van der Waals surface area contributed by atoms with Gasteiger partial charge in [0, 0.05) is 30.0 Å². The van der Waals surface area contributed by atoms with Gasteiger partial charge in [0.05, 0.1) is 16.5 Å². The molecule has 4 heteroatoms. The molecule has 3 aromatic rings. The standard InChI is InChI=1S/C28H28Cl2N2/c1-16-11-18(3)26(19(4)12-16)31-9-10-32(27-20(5)13-17(2)14-21(27)6)28(31)15-22-7-8-23(29)25(30)24(22)28/h7-8,11-14H,9-10H2,1-6H3. The average Bonchev–Trinajstić information content (AvgIpc) is 3.03. The smallest absolute Gasteiger partial charge is 0.153 e. The van der Waals surface area contributed by atoms with Crippen LogP contribution in [0.5, 0.6) is 0 Å². The second-order valence-corrected chi connectivity index (χ2v) is 10.2. The van der Waals surface area contributed by atoms with Gasteiger partial charge in [-0.25, -0.2) is 0 Å². The summed E-state index contributed by atoms with van der Waals surface area (Å²) in [7, 11) is 0. The molecule has 2 nitrogen and oxygen atoms in total. The minimum Gasteiger partial charge on any atom is -0.342 e. The summed E-state index contributed by atoms with van der Waals surface area (Å²) in [6.07, 6.45) is 3.81. The molecule has 1 fully saturated rings. The third kappa shape index (κ3) is 2.92. The van der Waals surface area contributed by atoms with Crippen molar-refractivity contribution in [3.63, 3.8) is 0 Å². The van der Waals surface area contributed by atoms with Crippen LogP contribution in [0.15, 0.2) is 36.4 Å². The van der Waals surface area contributed by atoms with E-state index < -0.39 is 5.66 Å². The van der Waals surface area contributed by atoms with E-state index in [4.69, 9.17) is 23.2 Å². The molecule has 164 valence electrons. The molecule has 0 unspecified atom stereocenters. The molecular weight excluding hydrogens is 435 g/mol. The van der Waals surface area contributed by atoms with E-state index in [2.05, 4.69) is 82.0 Å². The quantitative estimate of drug-likeness (QED) is 0.389. The Bertz CT molecular complexity index is 1150. The van der Waals surface area contributed by atoms with Crippen molar-refractivity contribution in [3.8, 4) is 0 Å². The summed E-state index contributed by atoms with van der Waals surface area (Å²) < 4.78 is 0. The van der Waals surface area contributed by atoms with Gasteiger partial charge in [-0.05, 0) is 75.4 Å². The van der Waals surface area contributed by atoms with E-state index in [1.165, 1.54) is 44.8 Å². The second kappa shape index (κ2) is 7.43. The Morgan fingerprint density at radius 3 is 1.59 bits per heavy atom.